The molecule has 1 aliphatic rings. The van der Waals surface area contributed by atoms with E-state index >= 15 is 0 Å². The lowest BCUT2D eigenvalue weighted by atomic mass is 10.2. The first-order valence-corrected chi connectivity index (χ1v) is 9.43. The molecule has 1 aromatic carbocycles. The zero-order chi connectivity index (χ0) is 20.3. The Kier molecular flexibility index (Phi) is 6.31. The minimum absolute atomic E-state index is 0.217. The van der Waals surface area contributed by atoms with Crippen molar-refractivity contribution in [1.29, 1.82) is 0 Å². The van der Waals surface area contributed by atoms with Crippen molar-refractivity contribution in [3.8, 4) is 0 Å². The van der Waals surface area contributed by atoms with Crippen molar-refractivity contribution in [1.82, 2.24) is 19.6 Å². The molecular weight excluding hydrogens is 387 g/mol. The molecule has 28 heavy (non-hydrogen) atoms. The van der Waals surface area contributed by atoms with Gasteiger partial charge in [-0.2, -0.15) is 5.10 Å². The molecule has 0 atom stereocenters. The van der Waals surface area contributed by atoms with Crippen LogP contribution in [0.15, 0.2) is 24.3 Å². The molecule has 0 unspecified atom stereocenters. The fourth-order valence-corrected chi connectivity index (χ4v) is 3.36. The van der Waals surface area contributed by atoms with Crippen LogP contribution in [0.25, 0.3) is 0 Å². The monoisotopic (exact) mass is 408 g/mol. The Morgan fingerprint density at radius 1 is 1.21 bits per heavy atom. The number of benzene rings is 1. The molecule has 1 aliphatic heterocycles. The van der Waals surface area contributed by atoms with Crippen LogP contribution in [-0.2, 0) is 18.3 Å². The van der Waals surface area contributed by atoms with Gasteiger partial charge in [0.1, 0.15) is 11.5 Å². The second-order valence-electron chi connectivity index (χ2n) is 6.56. The van der Waals surface area contributed by atoms with E-state index in [0.29, 0.717) is 37.7 Å². The van der Waals surface area contributed by atoms with Crippen LogP contribution in [-0.4, -0.2) is 64.2 Å². The lowest BCUT2D eigenvalue weighted by molar-refractivity contribution is 0.0513. The number of hydrogen-bond donors (Lipinski definition) is 0. The SMILES string of the molecule is CCOC(=O)c1cc(C(=O)N2CCN(Cc3ccc(F)cc3Cl)CC2)nn1C. The zero-order valence-corrected chi connectivity index (χ0v) is 16.6. The Hall–Kier alpha value is -2.45. The van der Waals surface area contributed by atoms with Crippen molar-refractivity contribution >= 4 is 23.5 Å². The molecule has 1 amide bonds. The second kappa shape index (κ2) is 8.70. The van der Waals surface area contributed by atoms with Crippen LogP contribution in [0.2, 0.25) is 5.02 Å². The van der Waals surface area contributed by atoms with Crippen LogP contribution < -0.4 is 0 Å². The minimum Gasteiger partial charge on any atom is -0.461 e. The molecule has 2 heterocycles. The van der Waals surface area contributed by atoms with E-state index in [9.17, 15) is 14.0 Å². The first kappa shape index (κ1) is 20.3. The lowest BCUT2D eigenvalue weighted by Gasteiger charge is -2.34. The van der Waals surface area contributed by atoms with Gasteiger partial charge in [0.05, 0.1) is 6.61 Å². The van der Waals surface area contributed by atoms with Gasteiger partial charge >= 0.3 is 5.97 Å². The summed E-state index contributed by atoms with van der Waals surface area (Å²) in [4.78, 5) is 28.5. The molecule has 0 spiro atoms. The quantitative estimate of drug-likeness (QED) is 0.710. The van der Waals surface area contributed by atoms with Gasteiger partial charge in [-0.3, -0.25) is 14.4 Å². The molecule has 0 saturated carbocycles. The van der Waals surface area contributed by atoms with E-state index in [4.69, 9.17) is 16.3 Å². The number of amides is 1. The van der Waals surface area contributed by atoms with E-state index in [1.807, 2.05) is 0 Å². The lowest BCUT2D eigenvalue weighted by Crippen LogP contribution is -2.48. The molecule has 7 nitrogen and oxygen atoms in total. The zero-order valence-electron chi connectivity index (χ0n) is 15.8. The number of aryl methyl sites for hydroxylation is 1. The van der Waals surface area contributed by atoms with Crippen LogP contribution in [0.5, 0.6) is 0 Å². The maximum atomic E-state index is 13.2. The largest absolute Gasteiger partial charge is 0.461 e. The van der Waals surface area contributed by atoms with E-state index in [2.05, 4.69) is 10.00 Å². The molecule has 0 bridgehead atoms. The molecule has 2 aromatic rings. The molecule has 9 heteroatoms. The molecule has 150 valence electrons. The average Bonchev–Trinajstić information content (AvgIpc) is 3.06. The Labute approximate surface area is 167 Å². The summed E-state index contributed by atoms with van der Waals surface area (Å²) >= 11 is 6.09. The van der Waals surface area contributed by atoms with Gasteiger partial charge in [0, 0.05) is 50.9 Å². The predicted octanol–water partition coefficient (Wildman–Crippen LogP) is 2.35. The van der Waals surface area contributed by atoms with E-state index < -0.39 is 5.97 Å². The Morgan fingerprint density at radius 3 is 2.57 bits per heavy atom. The second-order valence-corrected chi connectivity index (χ2v) is 6.97. The summed E-state index contributed by atoms with van der Waals surface area (Å²) in [5.41, 5.74) is 1.32. The summed E-state index contributed by atoms with van der Waals surface area (Å²) in [6.07, 6.45) is 0. The van der Waals surface area contributed by atoms with Crippen LogP contribution in [0.1, 0.15) is 33.5 Å². The van der Waals surface area contributed by atoms with E-state index in [1.54, 1.807) is 24.9 Å². The van der Waals surface area contributed by atoms with E-state index in [0.717, 1.165) is 5.56 Å². The Bertz CT molecular complexity index is 878. The summed E-state index contributed by atoms with van der Waals surface area (Å²) in [7, 11) is 1.60. The third kappa shape index (κ3) is 4.51. The molecule has 3 rings (SSSR count). The summed E-state index contributed by atoms with van der Waals surface area (Å²) in [5, 5.41) is 4.56. The van der Waals surface area contributed by atoms with Gasteiger partial charge in [-0.1, -0.05) is 17.7 Å². The summed E-state index contributed by atoms with van der Waals surface area (Å²) in [6.45, 7) is 4.96. The van der Waals surface area contributed by atoms with Crippen LogP contribution in [0.4, 0.5) is 4.39 Å². The highest BCUT2D eigenvalue weighted by atomic mass is 35.5. The van der Waals surface area contributed by atoms with E-state index in [-0.39, 0.29) is 29.7 Å². The van der Waals surface area contributed by atoms with Crippen molar-refractivity contribution < 1.29 is 18.7 Å². The Morgan fingerprint density at radius 2 is 1.93 bits per heavy atom. The maximum Gasteiger partial charge on any atom is 0.356 e. The number of piperazine rings is 1. The minimum atomic E-state index is -0.502. The third-order valence-electron chi connectivity index (χ3n) is 4.65. The van der Waals surface area contributed by atoms with Crippen molar-refractivity contribution in [3.63, 3.8) is 0 Å². The smallest absolute Gasteiger partial charge is 0.356 e. The molecule has 1 saturated heterocycles. The number of nitrogens with zero attached hydrogens (tertiary/aromatic N) is 4. The van der Waals surface area contributed by atoms with Gasteiger partial charge in [0.25, 0.3) is 5.91 Å². The van der Waals surface area contributed by atoms with Gasteiger partial charge in [-0.15, -0.1) is 0 Å². The molecular formula is C19H22ClFN4O3. The highest BCUT2D eigenvalue weighted by molar-refractivity contribution is 6.31. The van der Waals surface area contributed by atoms with Crippen LogP contribution in [0.3, 0.4) is 0 Å². The first-order valence-electron chi connectivity index (χ1n) is 9.05. The van der Waals surface area contributed by atoms with Crippen molar-refractivity contribution in [2.45, 2.75) is 13.5 Å². The van der Waals surface area contributed by atoms with E-state index in [1.165, 1.54) is 22.9 Å². The molecule has 1 fully saturated rings. The number of esters is 1. The number of carbonyl (C=O) groups is 2. The highest BCUT2D eigenvalue weighted by Gasteiger charge is 2.26. The molecule has 1 aromatic heterocycles. The van der Waals surface area contributed by atoms with Crippen molar-refractivity contribution in [3.05, 3.63) is 52.1 Å². The fourth-order valence-electron chi connectivity index (χ4n) is 3.13. The van der Waals surface area contributed by atoms with Crippen molar-refractivity contribution in [2.24, 2.45) is 7.05 Å². The average molecular weight is 409 g/mol. The molecule has 0 radical (unpaired) electrons. The van der Waals surface area contributed by atoms with Crippen LogP contribution >= 0.6 is 11.6 Å². The van der Waals surface area contributed by atoms with Crippen LogP contribution in [0, 0.1) is 5.82 Å². The van der Waals surface area contributed by atoms with Gasteiger partial charge in [-0.25, -0.2) is 9.18 Å². The summed E-state index contributed by atoms with van der Waals surface area (Å²) in [5.74, 6) is -1.08. The number of ether oxygens (including phenoxy) is 1. The standard InChI is InChI=1S/C19H22ClFN4O3/c1-3-28-19(27)17-11-16(22-23(17)2)18(26)25-8-6-24(7-9-25)12-13-4-5-14(21)10-15(13)20/h4-5,10-11H,3,6-9,12H2,1-2H3. The van der Waals surface area contributed by atoms with Gasteiger partial charge < -0.3 is 9.64 Å². The predicted molar refractivity (Wildman–Crippen MR) is 102 cm³/mol. The van der Waals surface area contributed by atoms with Gasteiger partial charge in [-0.05, 0) is 24.6 Å². The fraction of sp³-hybridized carbons (Fsp3) is 0.421. The topological polar surface area (TPSA) is 67.7 Å². The number of halogens is 2. The van der Waals surface area contributed by atoms with Gasteiger partial charge in [0.2, 0.25) is 0 Å². The molecule has 0 N–H and O–H groups in total. The van der Waals surface area contributed by atoms with Gasteiger partial charge in [0.15, 0.2) is 5.69 Å². The summed E-state index contributed by atoms with van der Waals surface area (Å²) in [6, 6.07) is 5.84. The number of hydrogen-bond acceptors (Lipinski definition) is 5. The molecule has 0 aliphatic carbocycles. The first-order chi connectivity index (χ1) is 13.4. The number of carbonyl (C=O) groups excluding carboxylic acids is 2. The Balaban J connectivity index is 1.59. The normalized spacial score (nSPS) is 14.9. The maximum absolute atomic E-state index is 13.2. The number of rotatable bonds is 5. The number of aromatic nitrogens is 2. The summed E-state index contributed by atoms with van der Waals surface area (Å²) < 4.78 is 19.5. The highest BCUT2D eigenvalue weighted by Crippen LogP contribution is 2.20. The van der Waals surface area contributed by atoms with Crippen molar-refractivity contribution in [2.75, 3.05) is 32.8 Å². The third-order valence-corrected chi connectivity index (χ3v) is 5.00.